The number of benzene rings is 1. The van der Waals surface area contributed by atoms with Gasteiger partial charge in [0.2, 0.25) is 0 Å². The van der Waals surface area contributed by atoms with Gasteiger partial charge in [-0.1, -0.05) is 32.9 Å². The highest BCUT2D eigenvalue weighted by molar-refractivity contribution is 5.25. The van der Waals surface area contributed by atoms with E-state index < -0.39 is 0 Å². The van der Waals surface area contributed by atoms with Gasteiger partial charge in [0.15, 0.2) is 0 Å². The maximum Gasteiger partial charge on any atom is 0.115 e. The largest absolute Gasteiger partial charge is 0.508 e. The van der Waals surface area contributed by atoms with E-state index in [1.807, 2.05) is 12.1 Å². The third-order valence-corrected chi connectivity index (χ3v) is 4.12. The van der Waals surface area contributed by atoms with Crippen molar-refractivity contribution in [3.8, 4) is 5.75 Å². The Hall–Kier alpha value is -1.06. The van der Waals surface area contributed by atoms with Gasteiger partial charge in [-0.3, -0.25) is 4.90 Å². The number of rotatable bonds is 4. The summed E-state index contributed by atoms with van der Waals surface area (Å²) >= 11 is 0. The first-order chi connectivity index (χ1) is 9.10. The van der Waals surface area contributed by atoms with Gasteiger partial charge in [-0.15, -0.1) is 0 Å². The molecule has 0 aromatic heterocycles. The lowest BCUT2D eigenvalue weighted by molar-refractivity contribution is 0.0900. The number of piperazine rings is 1. The molecule has 19 heavy (non-hydrogen) atoms. The zero-order valence-electron chi connectivity index (χ0n) is 12.3. The van der Waals surface area contributed by atoms with Crippen molar-refractivity contribution in [2.24, 2.45) is 5.92 Å². The predicted octanol–water partition coefficient (Wildman–Crippen LogP) is 2.60. The summed E-state index contributed by atoms with van der Waals surface area (Å²) < 4.78 is 0. The minimum Gasteiger partial charge on any atom is -0.508 e. The lowest BCUT2D eigenvalue weighted by Crippen LogP contribution is -2.57. The number of aromatic hydroxyl groups is 1. The molecule has 0 saturated carbocycles. The van der Waals surface area contributed by atoms with E-state index in [0.717, 1.165) is 19.6 Å². The maximum absolute atomic E-state index is 9.36. The van der Waals surface area contributed by atoms with Crippen molar-refractivity contribution in [2.45, 2.75) is 45.8 Å². The molecule has 1 fully saturated rings. The van der Waals surface area contributed by atoms with Crippen LogP contribution in [0.4, 0.5) is 0 Å². The monoisotopic (exact) mass is 262 g/mol. The minimum atomic E-state index is 0.343. The molecule has 2 atom stereocenters. The van der Waals surface area contributed by atoms with Crippen LogP contribution in [-0.2, 0) is 6.54 Å². The first-order valence-corrected chi connectivity index (χ1v) is 7.35. The van der Waals surface area contributed by atoms with Crippen molar-refractivity contribution in [1.29, 1.82) is 0 Å². The van der Waals surface area contributed by atoms with Gasteiger partial charge in [0.1, 0.15) is 5.75 Å². The Morgan fingerprint density at radius 1 is 1.32 bits per heavy atom. The van der Waals surface area contributed by atoms with Crippen molar-refractivity contribution >= 4 is 0 Å². The molecule has 1 heterocycles. The first kappa shape index (κ1) is 14.4. The van der Waals surface area contributed by atoms with Crippen molar-refractivity contribution in [3.63, 3.8) is 0 Å². The molecule has 0 spiro atoms. The van der Waals surface area contributed by atoms with Crippen LogP contribution in [0.1, 0.15) is 32.8 Å². The third kappa shape index (κ3) is 3.71. The van der Waals surface area contributed by atoms with E-state index in [-0.39, 0.29) is 0 Å². The smallest absolute Gasteiger partial charge is 0.115 e. The van der Waals surface area contributed by atoms with Crippen LogP contribution in [0.2, 0.25) is 0 Å². The molecule has 0 bridgehead atoms. The van der Waals surface area contributed by atoms with Gasteiger partial charge in [0.25, 0.3) is 0 Å². The zero-order valence-corrected chi connectivity index (χ0v) is 12.3. The molecule has 0 radical (unpaired) electrons. The molecule has 1 aromatic rings. The summed E-state index contributed by atoms with van der Waals surface area (Å²) in [7, 11) is 0. The standard InChI is InChI=1S/C16H26N2O/c1-4-14-11-18(16(9-17-14)12(2)3)10-13-5-7-15(19)8-6-13/h5-8,12,14,16-17,19H,4,9-11H2,1-3H3. The lowest BCUT2D eigenvalue weighted by Gasteiger charge is -2.42. The Labute approximate surface area is 116 Å². The Morgan fingerprint density at radius 2 is 2.00 bits per heavy atom. The molecule has 2 unspecified atom stereocenters. The fraction of sp³-hybridized carbons (Fsp3) is 0.625. The summed E-state index contributed by atoms with van der Waals surface area (Å²) in [5, 5.41) is 13.0. The number of hydrogen-bond acceptors (Lipinski definition) is 3. The van der Waals surface area contributed by atoms with Gasteiger partial charge in [-0.25, -0.2) is 0 Å². The summed E-state index contributed by atoms with van der Waals surface area (Å²) in [5.74, 6) is 0.998. The average Bonchev–Trinajstić information content (AvgIpc) is 2.41. The van der Waals surface area contributed by atoms with Crippen LogP contribution in [0.15, 0.2) is 24.3 Å². The molecule has 1 aliphatic heterocycles. The number of hydrogen-bond donors (Lipinski definition) is 2. The third-order valence-electron chi connectivity index (χ3n) is 4.12. The fourth-order valence-corrected chi connectivity index (χ4v) is 2.85. The van der Waals surface area contributed by atoms with E-state index in [9.17, 15) is 5.11 Å². The first-order valence-electron chi connectivity index (χ1n) is 7.35. The van der Waals surface area contributed by atoms with Crippen molar-refractivity contribution in [1.82, 2.24) is 10.2 Å². The second-order valence-electron chi connectivity index (χ2n) is 5.92. The van der Waals surface area contributed by atoms with E-state index in [1.165, 1.54) is 12.0 Å². The molecular formula is C16H26N2O. The fourth-order valence-electron chi connectivity index (χ4n) is 2.85. The van der Waals surface area contributed by atoms with Crippen molar-refractivity contribution in [2.75, 3.05) is 13.1 Å². The average molecular weight is 262 g/mol. The topological polar surface area (TPSA) is 35.5 Å². The van der Waals surface area contributed by atoms with E-state index in [4.69, 9.17) is 0 Å². The van der Waals surface area contributed by atoms with Crippen LogP contribution >= 0.6 is 0 Å². The van der Waals surface area contributed by atoms with E-state index >= 15 is 0 Å². The van der Waals surface area contributed by atoms with Gasteiger partial charge in [-0.2, -0.15) is 0 Å². The summed E-state index contributed by atoms with van der Waals surface area (Å²) in [4.78, 5) is 2.59. The second kappa shape index (κ2) is 6.40. The summed E-state index contributed by atoms with van der Waals surface area (Å²) in [6, 6.07) is 8.80. The van der Waals surface area contributed by atoms with Gasteiger partial charge in [0, 0.05) is 31.7 Å². The highest BCUT2D eigenvalue weighted by atomic mass is 16.3. The normalized spacial score (nSPS) is 24.8. The molecule has 2 N–H and O–H groups in total. The van der Waals surface area contributed by atoms with Crippen LogP contribution < -0.4 is 5.32 Å². The highest BCUT2D eigenvalue weighted by Crippen LogP contribution is 2.20. The van der Waals surface area contributed by atoms with Crippen LogP contribution in [0.3, 0.4) is 0 Å². The van der Waals surface area contributed by atoms with Gasteiger partial charge >= 0.3 is 0 Å². The molecule has 0 amide bonds. The van der Waals surface area contributed by atoms with E-state index in [0.29, 0.717) is 23.8 Å². The molecule has 1 aromatic carbocycles. The Morgan fingerprint density at radius 3 is 2.58 bits per heavy atom. The van der Waals surface area contributed by atoms with Crippen LogP contribution in [0.5, 0.6) is 5.75 Å². The highest BCUT2D eigenvalue weighted by Gasteiger charge is 2.28. The van der Waals surface area contributed by atoms with Crippen LogP contribution in [0.25, 0.3) is 0 Å². The molecule has 1 saturated heterocycles. The summed E-state index contributed by atoms with van der Waals surface area (Å²) in [6.07, 6.45) is 1.18. The molecular weight excluding hydrogens is 236 g/mol. The number of phenols is 1. The molecule has 106 valence electrons. The zero-order chi connectivity index (χ0) is 13.8. The minimum absolute atomic E-state index is 0.343. The van der Waals surface area contributed by atoms with E-state index in [1.54, 1.807) is 12.1 Å². The Bertz CT molecular complexity index is 388. The van der Waals surface area contributed by atoms with Crippen LogP contribution in [0, 0.1) is 5.92 Å². The molecule has 3 heteroatoms. The van der Waals surface area contributed by atoms with Gasteiger partial charge in [0.05, 0.1) is 0 Å². The lowest BCUT2D eigenvalue weighted by atomic mass is 9.97. The second-order valence-corrected chi connectivity index (χ2v) is 5.92. The quantitative estimate of drug-likeness (QED) is 0.875. The molecule has 2 rings (SSSR count). The molecule has 0 aliphatic carbocycles. The van der Waals surface area contributed by atoms with Crippen molar-refractivity contribution in [3.05, 3.63) is 29.8 Å². The molecule has 3 nitrogen and oxygen atoms in total. The predicted molar refractivity (Wildman–Crippen MR) is 79.2 cm³/mol. The maximum atomic E-state index is 9.36. The number of nitrogens with one attached hydrogen (secondary N) is 1. The van der Waals surface area contributed by atoms with Crippen LogP contribution in [-0.4, -0.2) is 35.2 Å². The van der Waals surface area contributed by atoms with Gasteiger partial charge < -0.3 is 10.4 Å². The SMILES string of the molecule is CCC1CN(Cc2ccc(O)cc2)C(C(C)C)CN1. The number of nitrogens with zero attached hydrogens (tertiary/aromatic N) is 1. The van der Waals surface area contributed by atoms with E-state index in [2.05, 4.69) is 31.0 Å². The van der Waals surface area contributed by atoms with Crippen molar-refractivity contribution < 1.29 is 5.11 Å². The van der Waals surface area contributed by atoms with Gasteiger partial charge in [-0.05, 0) is 30.0 Å². The summed E-state index contributed by atoms with van der Waals surface area (Å²) in [5.41, 5.74) is 1.28. The Kier molecular flexibility index (Phi) is 4.83. The Balaban J connectivity index is 2.06. The molecule has 1 aliphatic rings. The number of phenolic OH excluding ortho intramolecular Hbond substituents is 1. The summed E-state index contributed by atoms with van der Waals surface area (Å²) in [6.45, 7) is 9.99.